The zero-order valence-electron chi connectivity index (χ0n) is 16.1. The molecule has 0 aromatic heterocycles. The summed E-state index contributed by atoms with van der Waals surface area (Å²) < 4.78 is 27.2. The number of hydrogen-bond acceptors (Lipinski definition) is 5. The third-order valence-electron chi connectivity index (χ3n) is 5.07. The average Bonchev–Trinajstić information content (AvgIpc) is 2.72. The van der Waals surface area contributed by atoms with Crippen LogP contribution in [0.25, 0.3) is 0 Å². The van der Waals surface area contributed by atoms with E-state index in [4.69, 9.17) is 0 Å². The number of nitro benzene ring substituents is 1. The zero-order chi connectivity index (χ0) is 21.0. The highest BCUT2D eigenvalue weighted by atomic mass is 32.2. The van der Waals surface area contributed by atoms with E-state index in [9.17, 15) is 23.3 Å². The van der Waals surface area contributed by atoms with E-state index in [-0.39, 0.29) is 29.1 Å². The predicted molar refractivity (Wildman–Crippen MR) is 108 cm³/mol. The number of benzene rings is 2. The van der Waals surface area contributed by atoms with E-state index in [1.54, 1.807) is 12.1 Å². The Hall–Kier alpha value is -2.78. The number of amides is 1. The molecule has 1 fully saturated rings. The molecule has 1 N–H and O–H groups in total. The summed E-state index contributed by atoms with van der Waals surface area (Å²) in [5, 5.41) is 13.4. The molecule has 29 heavy (non-hydrogen) atoms. The van der Waals surface area contributed by atoms with E-state index in [2.05, 4.69) is 5.32 Å². The molecular formula is C20H23N3O5S. The van der Waals surface area contributed by atoms with Gasteiger partial charge in [0.15, 0.2) is 0 Å². The van der Waals surface area contributed by atoms with Crippen LogP contribution in [0.2, 0.25) is 0 Å². The normalized spacial score (nSPS) is 17.6. The second-order valence-corrected chi connectivity index (χ2v) is 8.98. The van der Waals surface area contributed by atoms with Crippen LogP contribution in [0.1, 0.15) is 42.1 Å². The first-order chi connectivity index (χ1) is 13.8. The fourth-order valence-electron chi connectivity index (χ4n) is 3.36. The van der Waals surface area contributed by atoms with Gasteiger partial charge in [0.2, 0.25) is 10.0 Å². The maximum Gasteiger partial charge on any atom is 0.269 e. The average molecular weight is 417 g/mol. The fourth-order valence-corrected chi connectivity index (χ4v) is 5.06. The third-order valence-corrected chi connectivity index (χ3v) is 7.09. The summed E-state index contributed by atoms with van der Waals surface area (Å²) in [6.07, 6.45) is 2.73. The summed E-state index contributed by atoms with van der Waals surface area (Å²) >= 11 is 0. The highest BCUT2D eigenvalue weighted by Crippen LogP contribution is 2.25. The summed E-state index contributed by atoms with van der Waals surface area (Å²) in [6.45, 7) is 2.64. The summed E-state index contributed by atoms with van der Waals surface area (Å²) in [5.74, 6) is -0.348. The van der Waals surface area contributed by atoms with Crippen molar-refractivity contribution in [2.75, 3.05) is 6.54 Å². The van der Waals surface area contributed by atoms with Gasteiger partial charge in [-0.3, -0.25) is 14.9 Å². The van der Waals surface area contributed by atoms with Crippen LogP contribution in [0.4, 0.5) is 5.69 Å². The molecule has 0 spiro atoms. The molecular weight excluding hydrogens is 394 g/mol. The number of sulfonamides is 1. The number of carbonyl (C=O) groups excluding carboxylic acids is 1. The smallest absolute Gasteiger partial charge is 0.269 e. The minimum absolute atomic E-state index is 0.0140. The second-order valence-electron chi connectivity index (χ2n) is 7.09. The minimum atomic E-state index is -3.57. The number of nitrogens with zero attached hydrogens (tertiary/aromatic N) is 2. The van der Waals surface area contributed by atoms with Crippen LogP contribution in [0, 0.1) is 10.1 Å². The number of carbonyl (C=O) groups is 1. The van der Waals surface area contributed by atoms with Crippen molar-refractivity contribution in [2.24, 2.45) is 0 Å². The molecule has 1 aliphatic heterocycles. The number of non-ortho nitro benzene ring substituents is 1. The molecule has 9 heteroatoms. The number of hydrogen-bond donors (Lipinski definition) is 1. The van der Waals surface area contributed by atoms with Crippen LogP contribution in [0.15, 0.2) is 53.4 Å². The van der Waals surface area contributed by atoms with Crippen LogP contribution in [0.3, 0.4) is 0 Å². The van der Waals surface area contributed by atoms with Gasteiger partial charge in [-0.05, 0) is 49.6 Å². The first-order valence-electron chi connectivity index (χ1n) is 9.42. The molecule has 1 saturated heterocycles. The lowest BCUT2D eigenvalue weighted by molar-refractivity contribution is -0.384. The van der Waals surface area contributed by atoms with E-state index in [0.717, 1.165) is 24.8 Å². The molecule has 1 aliphatic rings. The van der Waals surface area contributed by atoms with Crippen molar-refractivity contribution in [1.82, 2.24) is 9.62 Å². The first-order valence-corrected chi connectivity index (χ1v) is 10.9. The number of nitro groups is 1. The Morgan fingerprint density at radius 1 is 1.14 bits per heavy atom. The summed E-state index contributed by atoms with van der Waals surface area (Å²) in [5.41, 5.74) is 1.06. The summed E-state index contributed by atoms with van der Waals surface area (Å²) in [6, 6.07) is 11.8. The lowest BCUT2D eigenvalue weighted by atomic mass is 10.1. The van der Waals surface area contributed by atoms with Gasteiger partial charge in [0.1, 0.15) is 0 Å². The van der Waals surface area contributed by atoms with Gasteiger partial charge >= 0.3 is 0 Å². The van der Waals surface area contributed by atoms with E-state index < -0.39 is 14.9 Å². The van der Waals surface area contributed by atoms with E-state index in [0.29, 0.717) is 12.1 Å². The fraction of sp³-hybridized carbons (Fsp3) is 0.350. The number of nitrogens with one attached hydrogen (secondary N) is 1. The molecule has 2 aromatic carbocycles. The molecule has 1 unspecified atom stereocenters. The van der Waals surface area contributed by atoms with Gasteiger partial charge in [-0.15, -0.1) is 0 Å². The van der Waals surface area contributed by atoms with Crippen molar-refractivity contribution in [2.45, 2.75) is 43.7 Å². The Morgan fingerprint density at radius 3 is 2.38 bits per heavy atom. The van der Waals surface area contributed by atoms with Crippen LogP contribution in [0.5, 0.6) is 0 Å². The van der Waals surface area contributed by atoms with Gasteiger partial charge in [-0.2, -0.15) is 4.31 Å². The largest absolute Gasteiger partial charge is 0.348 e. The van der Waals surface area contributed by atoms with E-state index >= 15 is 0 Å². The third kappa shape index (κ3) is 4.80. The lowest BCUT2D eigenvalue weighted by Crippen LogP contribution is -2.41. The monoisotopic (exact) mass is 417 g/mol. The van der Waals surface area contributed by atoms with E-state index in [1.807, 2.05) is 6.92 Å². The Labute approximate surface area is 169 Å². The minimum Gasteiger partial charge on any atom is -0.348 e. The molecule has 154 valence electrons. The van der Waals surface area contributed by atoms with Gasteiger partial charge in [0.05, 0.1) is 9.82 Å². The summed E-state index contributed by atoms with van der Waals surface area (Å²) in [7, 11) is -3.57. The molecule has 1 atom stereocenters. The Bertz CT molecular complexity index is 988. The van der Waals surface area contributed by atoms with Crippen LogP contribution in [-0.4, -0.2) is 36.1 Å². The molecule has 1 heterocycles. The van der Waals surface area contributed by atoms with Gasteiger partial charge in [-0.25, -0.2) is 8.42 Å². The molecule has 8 nitrogen and oxygen atoms in total. The quantitative estimate of drug-likeness (QED) is 0.574. The maximum absolute atomic E-state index is 12.8. The zero-order valence-corrected chi connectivity index (χ0v) is 16.9. The predicted octanol–water partition coefficient (Wildman–Crippen LogP) is 3.09. The topological polar surface area (TPSA) is 110 Å². The van der Waals surface area contributed by atoms with Crippen molar-refractivity contribution >= 4 is 21.6 Å². The molecule has 3 rings (SSSR count). The van der Waals surface area contributed by atoms with Gasteiger partial charge < -0.3 is 5.32 Å². The molecule has 2 aromatic rings. The highest BCUT2D eigenvalue weighted by Gasteiger charge is 2.30. The summed E-state index contributed by atoms with van der Waals surface area (Å²) in [4.78, 5) is 22.7. The van der Waals surface area contributed by atoms with Crippen molar-refractivity contribution in [3.8, 4) is 0 Å². The Morgan fingerprint density at radius 2 is 1.79 bits per heavy atom. The SMILES string of the molecule is CC1CCCCN1S(=O)(=O)c1ccc(C(=O)NCc2ccc([N+](=O)[O-])cc2)cc1. The standard InChI is InChI=1S/C20H23N3O5S/c1-15-4-2-3-13-22(15)29(27,28)19-11-7-17(8-12-19)20(24)21-14-16-5-9-18(10-6-16)23(25)26/h5-12,15H,2-4,13-14H2,1H3,(H,21,24). The van der Waals surface area contributed by atoms with Crippen molar-refractivity contribution in [1.29, 1.82) is 0 Å². The molecule has 0 bridgehead atoms. The molecule has 0 radical (unpaired) electrons. The first kappa shape index (κ1) is 20.9. The molecule has 0 saturated carbocycles. The van der Waals surface area contributed by atoms with Gasteiger partial charge in [-0.1, -0.05) is 18.6 Å². The van der Waals surface area contributed by atoms with E-state index in [1.165, 1.54) is 40.7 Å². The van der Waals surface area contributed by atoms with Crippen molar-refractivity contribution in [3.05, 3.63) is 69.8 Å². The second kappa shape index (κ2) is 8.71. The number of rotatable bonds is 6. The number of piperidine rings is 1. The Kier molecular flexibility index (Phi) is 6.29. The Balaban J connectivity index is 1.64. The van der Waals surface area contributed by atoms with Crippen LogP contribution >= 0.6 is 0 Å². The lowest BCUT2D eigenvalue weighted by Gasteiger charge is -2.32. The molecule has 0 aliphatic carbocycles. The molecule has 1 amide bonds. The van der Waals surface area contributed by atoms with Crippen molar-refractivity contribution in [3.63, 3.8) is 0 Å². The van der Waals surface area contributed by atoms with Crippen LogP contribution in [-0.2, 0) is 16.6 Å². The highest BCUT2D eigenvalue weighted by molar-refractivity contribution is 7.89. The van der Waals surface area contributed by atoms with Crippen LogP contribution < -0.4 is 5.32 Å². The van der Waals surface area contributed by atoms with Gasteiger partial charge in [0, 0.05) is 36.8 Å². The van der Waals surface area contributed by atoms with Gasteiger partial charge in [0.25, 0.3) is 11.6 Å². The van der Waals surface area contributed by atoms with Crippen molar-refractivity contribution < 1.29 is 18.1 Å². The maximum atomic E-state index is 12.8.